The summed E-state index contributed by atoms with van der Waals surface area (Å²) in [5.74, 6) is -0.464. The Morgan fingerprint density at radius 3 is 2.43 bits per heavy atom. The number of benzene rings is 2. The Bertz CT molecular complexity index is 794. The second kappa shape index (κ2) is 6.77. The first-order chi connectivity index (χ1) is 10.7. The molecule has 2 aromatic carbocycles. The highest BCUT2D eigenvalue weighted by atomic mass is 35.5. The Hall–Kier alpha value is -1.77. The van der Waals surface area contributed by atoms with E-state index < -0.39 is 22.1 Å². The van der Waals surface area contributed by atoms with Gasteiger partial charge in [0, 0.05) is 17.1 Å². The van der Waals surface area contributed by atoms with E-state index in [0.717, 1.165) is 6.07 Å². The summed E-state index contributed by atoms with van der Waals surface area (Å²) in [7, 11) is -3.91. The monoisotopic (exact) mass is 365 g/mol. The van der Waals surface area contributed by atoms with Crippen LogP contribution in [-0.4, -0.2) is 14.8 Å². The van der Waals surface area contributed by atoms with E-state index in [4.69, 9.17) is 11.6 Å². The molecular weight excluding hydrogens is 355 g/mol. The smallest absolute Gasteiger partial charge is 0.405 e. The summed E-state index contributed by atoms with van der Waals surface area (Å²) in [5.41, 5.74) is 0.0513. The molecule has 0 aliphatic rings. The van der Waals surface area contributed by atoms with E-state index in [-0.39, 0.29) is 22.0 Å². The number of alkyl halides is 3. The molecule has 2 rings (SSSR count). The van der Waals surface area contributed by atoms with Crippen LogP contribution in [0.2, 0.25) is 5.02 Å². The van der Waals surface area contributed by atoms with E-state index >= 15 is 0 Å². The second-order valence-electron chi connectivity index (χ2n) is 4.44. The molecule has 0 aliphatic carbocycles. The zero-order valence-corrected chi connectivity index (χ0v) is 13.0. The molecule has 0 radical (unpaired) electrons. The maximum atomic E-state index is 12.3. The summed E-state index contributed by atoms with van der Waals surface area (Å²) in [4.78, 5) is -0.0841. The van der Waals surface area contributed by atoms with Gasteiger partial charge in [-0.25, -0.2) is 13.1 Å². The average Bonchev–Trinajstić information content (AvgIpc) is 2.45. The summed E-state index contributed by atoms with van der Waals surface area (Å²) in [6.07, 6.45) is -4.86. The molecule has 2 aromatic rings. The van der Waals surface area contributed by atoms with Crippen molar-refractivity contribution in [3.63, 3.8) is 0 Å². The Kier molecular flexibility index (Phi) is 5.18. The lowest BCUT2D eigenvalue weighted by molar-refractivity contribution is -0.274. The largest absolute Gasteiger partial charge is 0.573 e. The van der Waals surface area contributed by atoms with Crippen LogP contribution >= 0.6 is 11.6 Å². The number of nitrogens with one attached hydrogen (secondary N) is 1. The molecule has 9 heteroatoms. The fourth-order valence-electron chi connectivity index (χ4n) is 1.76. The van der Waals surface area contributed by atoms with Crippen LogP contribution in [0.25, 0.3) is 0 Å². The highest BCUT2D eigenvalue weighted by Gasteiger charge is 2.32. The van der Waals surface area contributed by atoms with Gasteiger partial charge in [0.15, 0.2) is 0 Å². The molecule has 0 saturated heterocycles. The van der Waals surface area contributed by atoms with Gasteiger partial charge in [-0.05, 0) is 24.3 Å². The predicted octanol–water partition coefficient (Wildman–Crippen LogP) is 3.72. The fourth-order valence-corrected chi connectivity index (χ4v) is 3.07. The maximum absolute atomic E-state index is 12.3. The van der Waals surface area contributed by atoms with Crippen LogP contribution in [0.3, 0.4) is 0 Å². The van der Waals surface area contributed by atoms with Crippen LogP contribution in [0, 0.1) is 0 Å². The van der Waals surface area contributed by atoms with Crippen LogP contribution in [0.4, 0.5) is 13.2 Å². The van der Waals surface area contributed by atoms with E-state index in [9.17, 15) is 21.6 Å². The lowest BCUT2D eigenvalue weighted by Crippen LogP contribution is -2.24. The van der Waals surface area contributed by atoms with Crippen LogP contribution in [-0.2, 0) is 16.6 Å². The van der Waals surface area contributed by atoms with E-state index in [0.29, 0.717) is 0 Å². The van der Waals surface area contributed by atoms with Crippen molar-refractivity contribution in [3.05, 3.63) is 59.1 Å². The summed E-state index contributed by atoms with van der Waals surface area (Å²) < 4.78 is 67.3. The molecule has 0 atom stereocenters. The van der Waals surface area contributed by atoms with Crippen molar-refractivity contribution in [1.29, 1.82) is 0 Å². The minimum Gasteiger partial charge on any atom is -0.405 e. The number of rotatable bonds is 5. The minimum absolute atomic E-state index is 0.0513. The number of hydrogen-bond donors (Lipinski definition) is 1. The van der Waals surface area contributed by atoms with Gasteiger partial charge in [0.1, 0.15) is 5.75 Å². The van der Waals surface area contributed by atoms with Gasteiger partial charge >= 0.3 is 6.36 Å². The lowest BCUT2D eigenvalue weighted by atomic mass is 10.2. The highest BCUT2D eigenvalue weighted by Crippen LogP contribution is 2.26. The van der Waals surface area contributed by atoms with Gasteiger partial charge in [-0.15, -0.1) is 13.2 Å². The molecule has 0 heterocycles. The third kappa shape index (κ3) is 5.12. The predicted molar refractivity (Wildman–Crippen MR) is 78.6 cm³/mol. The highest BCUT2D eigenvalue weighted by molar-refractivity contribution is 7.89. The summed E-state index contributed by atoms with van der Waals surface area (Å²) >= 11 is 5.73. The first kappa shape index (κ1) is 17.6. The van der Waals surface area contributed by atoms with Crippen LogP contribution in [0.5, 0.6) is 5.75 Å². The zero-order chi connectivity index (χ0) is 17.1. The van der Waals surface area contributed by atoms with E-state index in [2.05, 4.69) is 9.46 Å². The molecule has 0 saturated carbocycles. The molecule has 4 nitrogen and oxygen atoms in total. The van der Waals surface area contributed by atoms with Gasteiger partial charge in [-0.3, -0.25) is 0 Å². The molecule has 0 aliphatic heterocycles. The Morgan fingerprint density at radius 1 is 1.09 bits per heavy atom. The normalized spacial score (nSPS) is 12.2. The van der Waals surface area contributed by atoms with E-state index in [1.165, 1.54) is 42.5 Å². The van der Waals surface area contributed by atoms with E-state index in [1.807, 2.05) is 0 Å². The minimum atomic E-state index is -4.86. The fraction of sp³-hybridized carbons (Fsp3) is 0.143. The summed E-state index contributed by atoms with van der Waals surface area (Å²) in [6, 6.07) is 10.8. The van der Waals surface area contributed by atoms with Crippen molar-refractivity contribution >= 4 is 21.6 Å². The summed E-state index contributed by atoms with van der Waals surface area (Å²) in [5, 5.41) is 0.230. The molecule has 1 N–H and O–H groups in total. The molecule has 0 spiro atoms. The quantitative estimate of drug-likeness (QED) is 0.878. The first-order valence-corrected chi connectivity index (χ1v) is 8.12. The number of halogens is 4. The van der Waals surface area contributed by atoms with Crippen LogP contribution in [0.1, 0.15) is 5.56 Å². The van der Waals surface area contributed by atoms with Crippen molar-refractivity contribution in [3.8, 4) is 5.75 Å². The van der Waals surface area contributed by atoms with Gasteiger partial charge in [0.25, 0.3) is 0 Å². The van der Waals surface area contributed by atoms with Crippen molar-refractivity contribution in [2.45, 2.75) is 17.8 Å². The molecule has 124 valence electrons. The standard InChI is InChI=1S/C14H11ClF3NO3S/c15-11-5-3-6-12(8-11)23(20,21)19-9-10-4-1-2-7-13(10)22-14(16,17)18/h1-8,19H,9H2. The van der Waals surface area contributed by atoms with Crippen LogP contribution in [0.15, 0.2) is 53.4 Å². The van der Waals surface area contributed by atoms with Gasteiger partial charge in [0.2, 0.25) is 10.0 Å². The van der Waals surface area contributed by atoms with Crippen molar-refractivity contribution < 1.29 is 26.3 Å². The van der Waals surface area contributed by atoms with Crippen molar-refractivity contribution in [1.82, 2.24) is 4.72 Å². The number of para-hydroxylation sites is 1. The Balaban J connectivity index is 2.18. The third-order valence-corrected chi connectivity index (χ3v) is 4.39. The third-order valence-electron chi connectivity index (χ3n) is 2.76. The SMILES string of the molecule is O=S(=O)(NCc1ccccc1OC(F)(F)F)c1cccc(Cl)c1. The lowest BCUT2D eigenvalue weighted by Gasteiger charge is -2.13. The van der Waals surface area contributed by atoms with Gasteiger partial charge in [-0.2, -0.15) is 0 Å². The van der Waals surface area contributed by atoms with Crippen molar-refractivity contribution in [2.24, 2.45) is 0 Å². The number of hydrogen-bond acceptors (Lipinski definition) is 3. The molecule has 0 unspecified atom stereocenters. The van der Waals surface area contributed by atoms with Gasteiger partial charge in [-0.1, -0.05) is 35.9 Å². The second-order valence-corrected chi connectivity index (χ2v) is 6.64. The number of sulfonamides is 1. The molecule has 0 fully saturated rings. The first-order valence-electron chi connectivity index (χ1n) is 6.26. The molecule has 0 amide bonds. The average molecular weight is 366 g/mol. The maximum Gasteiger partial charge on any atom is 0.573 e. The molecule has 0 bridgehead atoms. The van der Waals surface area contributed by atoms with Crippen molar-refractivity contribution in [2.75, 3.05) is 0 Å². The van der Waals surface area contributed by atoms with Gasteiger partial charge < -0.3 is 4.74 Å². The van der Waals surface area contributed by atoms with Crippen LogP contribution < -0.4 is 9.46 Å². The zero-order valence-electron chi connectivity index (χ0n) is 11.5. The Morgan fingerprint density at radius 2 is 1.78 bits per heavy atom. The van der Waals surface area contributed by atoms with E-state index in [1.54, 1.807) is 0 Å². The van der Waals surface area contributed by atoms with Gasteiger partial charge in [0.05, 0.1) is 4.90 Å². The molecular formula is C14H11ClF3NO3S. The topological polar surface area (TPSA) is 55.4 Å². The summed E-state index contributed by atoms with van der Waals surface area (Å²) in [6.45, 7) is -0.360. The Labute approximate surface area is 135 Å². The molecule has 23 heavy (non-hydrogen) atoms. The molecule has 0 aromatic heterocycles. The number of ether oxygens (including phenoxy) is 1.